The van der Waals surface area contributed by atoms with Crippen molar-refractivity contribution < 1.29 is 14.3 Å². The molecule has 0 bridgehead atoms. The van der Waals surface area contributed by atoms with Crippen LogP contribution < -0.4 is 0 Å². The van der Waals surface area contributed by atoms with Crippen LogP contribution in [0.5, 0.6) is 5.75 Å². The Labute approximate surface area is 117 Å². The number of phenols is 1. The fourth-order valence-electron chi connectivity index (χ4n) is 2.05. The summed E-state index contributed by atoms with van der Waals surface area (Å²) >= 11 is 0. The molecule has 1 amide bonds. The highest BCUT2D eigenvalue weighted by atomic mass is 19.1. The van der Waals surface area contributed by atoms with E-state index in [0.717, 1.165) is 23.3 Å². The molecule has 104 valence electrons. The zero-order valence-electron chi connectivity index (χ0n) is 11.4. The maximum absolute atomic E-state index is 12.9. The topological polar surface area (TPSA) is 40.5 Å². The molecule has 0 spiro atoms. The minimum absolute atomic E-state index is 0.0987. The summed E-state index contributed by atoms with van der Waals surface area (Å²) < 4.78 is 12.9. The molecule has 0 saturated carbocycles. The second-order valence-corrected chi connectivity index (χ2v) is 4.81. The zero-order valence-corrected chi connectivity index (χ0v) is 11.4. The van der Waals surface area contributed by atoms with E-state index in [1.165, 1.54) is 11.0 Å². The van der Waals surface area contributed by atoms with E-state index in [4.69, 9.17) is 0 Å². The molecule has 20 heavy (non-hydrogen) atoms. The van der Waals surface area contributed by atoms with Crippen molar-refractivity contribution in [1.82, 2.24) is 4.90 Å². The molecule has 0 atom stereocenters. The van der Waals surface area contributed by atoms with Gasteiger partial charge in [0.2, 0.25) is 0 Å². The molecule has 0 aliphatic heterocycles. The highest BCUT2D eigenvalue weighted by Crippen LogP contribution is 2.20. The van der Waals surface area contributed by atoms with Crippen molar-refractivity contribution in [2.24, 2.45) is 0 Å². The van der Waals surface area contributed by atoms with E-state index < -0.39 is 5.82 Å². The fraction of sp³-hybridized carbons (Fsp3) is 0.188. The SMILES string of the molecule is Cc1cccc(CN(C)C(=O)c2ccc(F)cc2O)c1. The lowest BCUT2D eigenvalue weighted by atomic mass is 10.1. The van der Waals surface area contributed by atoms with E-state index >= 15 is 0 Å². The van der Waals surface area contributed by atoms with Crippen molar-refractivity contribution in [3.63, 3.8) is 0 Å². The molecule has 0 heterocycles. The number of halogens is 1. The molecule has 1 N–H and O–H groups in total. The lowest BCUT2D eigenvalue weighted by molar-refractivity contribution is 0.0782. The Morgan fingerprint density at radius 1 is 1.25 bits per heavy atom. The van der Waals surface area contributed by atoms with Gasteiger partial charge in [0.05, 0.1) is 5.56 Å². The zero-order chi connectivity index (χ0) is 14.7. The first-order chi connectivity index (χ1) is 9.47. The third kappa shape index (κ3) is 3.15. The van der Waals surface area contributed by atoms with Gasteiger partial charge < -0.3 is 10.0 Å². The number of nitrogens with zero attached hydrogens (tertiary/aromatic N) is 1. The number of benzene rings is 2. The smallest absolute Gasteiger partial charge is 0.257 e. The van der Waals surface area contributed by atoms with Crippen LogP contribution in [-0.4, -0.2) is 23.0 Å². The van der Waals surface area contributed by atoms with Crippen molar-refractivity contribution in [1.29, 1.82) is 0 Å². The normalized spacial score (nSPS) is 10.3. The molecule has 0 fully saturated rings. The van der Waals surface area contributed by atoms with Crippen LogP contribution in [0.25, 0.3) is 0 Å². The molecule has 0 unspecified atom stereocenters. The number of carbonyl (C=O) groups excluding carboxylic acids is 1. The summed E-state index contributed by atoms with van der Waals surface area (Å²) in [7, 11) is 1.65. The van der Waals surface area contributed by atoms with E-state index in [0.29, 0.717) is 6.54 Å². The molecule has 2 aromatic rings. The predicted octanol–water partition coefficient (Wildman–Crippen LogP) is 3.11. The summed E-state index contributed by atoms with van der Waals surface area (Å²) in [5.41, 5.74) is 2.22. The molecule has 4 heteroatoms. The second kappa shape index (κ2) is 5.74. The highest BCUT2D eigenvalue weighted by Gasteiger charge is 2.16. The van der Waals surface area contributed by atoms with Crippen LogP contribution in [0.3, 0.4) is 0 Å². The lowest BCUT2D eigenvalue weighted by Crippen LogP contribution is -2.26. The molecule has 3 nitrogen and oxygen atoms in total. The van der Waals surface area contributed by atoms with Gasteiger partial charge in [-0.15, -0.1) is 0 Å². The van der Waals surface area contributed by atoms with E-state index in [1.54, 1.807) is 7.05 Å². The van der Waals surface area contributed by atoms with Crippen molar-refractivity contribution in [3.8, 4) is 5.75 Å². The average molecular weight is 273 g/mol. The first-order valence-corrected chi connectivity index (χ1v) is 6.27. The van der Waals surface area contributed by atoms with Gasteiger partial charge >= 0.3 is 0 Å². The van der Waals surface area contributed by atoms with Crippen LogP contribution >= 0.6 is 0 Å². The molecule has 0 aromatic heterocycles. The van der Waals surface area contributed by atoms with Gasteiger partial charge in [0.1, 0.15) is 11.6 Å². The number of aryl methyl sites for hydroxylation is 1. The fourth-order valence-corrected chi connectivity index (χ4v) is 2.05. The maximum atomic E-state index is 12.9. The summed E-state index contributed by atoms with van der Waals surface area (Å²) in [5, 5.41) is 9.63. The largest absolute Gasteiger partial charge is 0.507 e. The quantitative estimate of drug-likeness (QED) is 0.933. The average Bonchev–Trinajstić information content (AvgIpc) is 2.38. The Morgan fingerprint density at radius 3 is 2.65 bits per heavy atom. The molecule has 0 aliphatic rings. The maximum Gasteiger partial charge on any atom is 0.257 e. The summed E-state index contributed by atoms with van der Waals surface area (Å²) in [4.78, 5) is 13.7. The number of phenolic OH excluding ortho intramolecular Hbond substituents is 1. The second-order valence-electron chi connectivity index (χ2n) is 4.81. The van der Waals surface area contributed by atoms with Crippen LogP contribution in [-0.2, 0) is 6.54 Å². The summed E-state index contributed by atoms with van der Waals surface area (Å²) in [6.07, 6.45) is 0. The minimum atomic E-state index is -0.569. The number of carbonyl (C=O) groups is 1. The van der Waals surface area contributed by atoms with Crippen molar-refractivity contribution in [3.05, 3.63) is 65.0 Å². The van der Waals surface area contributed by atoms with Gasteiger partial charge in [-0.3, -0.25) is 4.79 Å². The van der Waals surface area contributed by atoms with Crippen LogP contribution in [0, 0.1) is 12.7 Å². The van der Waals surface area contributed by atoms with E-state index in [2.05, 4.69) is 0 Å². The van der Waals surface area contributed by atoms with Gasteiger partial charge in [-0.1, -0.05) is 29.8 Å². The van der Waals surface area contributed by atoms with Crippen LogP contribution in [0.4, 0.5) is 4.39 Å². The van der Waals surface area contributed by atoms with Crippen molar-refractivity contribution in [2.75, 3.05) is 7.05 Å². The molecule has 2 rings (SSSR count). The first-order valence-electron chi connectivity index (χ1n) is 6.27. The number of rotatable bonds is 3. The van der Waals surface area contributed by atoms with Gasteiger partial charge in [-0.05, 0) is 24.6 Å². The van der Waals surface area contributed by atoms with Crippen LogP contribution in [0.1, 0.15) is 21.5 Å². The van der Waals surface area contributed by atoms with Gasteiger partial charge in [0.15, 0.2) is 0 Å². The Balaban J connectivity index is 2.16. The van der Waals surface area contributed by atoms with E-state index in [9.17, 15) is 14.3 Å². The van der Waals surface area contributed by atoms with Crippen molar-refractivity contribution >= 4 is 5.91 Å². The van der Waals surface area contributed by atoms with Gasteiger partial charge in [-0.25, -0.2) is 4.39 Å². The molecular weight excluding hydrogens is 257 g/mol. The Kier molecular flexibility index (Phi) is 4.03. The van der Waals surface area contributed by atoms with E-state index in [-0.39, 0.29) is 17.2 Å². The number of hydrogen-bond acceptors (Lipinski definition) is 2. The highest BCUT2D eigenvalue weighted by molar-refractivity contribution is 5.96. The summed E-state index contributed by atoms with van der Waals surface area (Å²) in [5.74, 6) is -1.25. The Bertz CT molecular complexity index is 640. The van der Waals surface area contributed by atoms with Crippen LogP contribution in [0.2, 0.25) is 0 Å². The van der Waals surface area contributed by atoms with E-state index in [1.807, 2.05) is 31.2 Å². The monoisotopic (exact) mass is 273 g/mol. The first kappa shape index (κ1) is 14.1. The Morgan fingerprint density at radius 2 is 2.00 bits per heavy atom. The van der Waals surface area contributed by atoms with Crippen molar-refractivity contribution in [2.45, 2.75) is 13.5 Å². The summed E-state index contributed by atoms with van der Waals surface area (Å²) in [6.45, 7) is 2.41. The molecule has 2 aromatic carbocycles. The van der Waals surface area contributed by atoms with Gasteiger partial charge in [-0.2, -0.15) is 0 Å². The minimum Gasteiger partial charge on any atom is -0.507 e. The molecule has 0 radical (unpaired) electrons. The predicted molar refractivity (Wildman–Crippen MR) is 75.0 cm³/mol. The van der Waals surface area contributed by atoms with Gasteiger partial charge in [0.25, 0.3) is 5.91 Å². The van der Waals surface area contributed by atoms with Crippen LogP contribution in [0.15, 0.2) is 42.5 Å². The number of aromatic hydroxyl groups is 1. The lowest BCUT2D eigenvalue weighted by Gasteiger charge is -2.18. The third-order valence-electron chi connectivity index (χ3n) is 3.04. The number of hydrogen-bond donors (Lipinski definition) is 1. The Hall–Kier alpha value is -2.36. The molecule has 0 aliphatic carbocycles. The standard InChI is InChI=1S/C16H16FNO2/c1-11-4-3-5-12(8-11)10-18(2)16(20)14-7-6-13(17)9-15(14)19/h3-9,19H,10H2,1-2H3. The molecule has 0 saturated heterocycles. The summed E-state index contributed by atoms with van der Waals surface area (Å²) in [6, 6.07) is 11.2. The number of amides is 1. The third-order valence-corrected chi connectivity index (χ3v) is 3.04. The van der Waals surface area contributed by atoms with Gasteiger partial charge in [0, 0.05) is 19.7 Å². The molecular formula is C16H16FNO2.